The molecule has 108 valence electrons. The summed E-state index contributed by atoms with van der Waals surface area (Å²) in [6.07, 6.45) is 6.60. The van der Waals surface area contributed by atoms with Crippen LogP contribution in [0.25, 0.3) is 0 Å². The van der Waals surface area contributed by atoms with Gasteiger partial charge in [-0.1, -0.05) is 39.0 Å². The van der Waals surface area contributed by atoms with Gasteiger partial charge in [-0.25, -0.2) is 13.1 Å². The highest BCUT2D eigenvalue weighted by Gasteiger charge is 2.09. The van der Waals surface area contributed by atoms with E-state index in [-0.39, 0.29) is 18.7 Å². The second kappa shape index (κ2) is 10.3. The summed E-state index contributed by atoms with van der Waals surface area (Å²) in [5.41, 5.74) is 0. The van der Waals surface area contributed by atoms with Crippen molar-refractivity contribution in [2.24, 2.45) is 0 Å². The van der Waals surface area contributed by atoms with E-state index in [1.54, 1.807) is 0 Å². The third-order valence-electron chi connectivity index (χ3n) is 2.66. The maximum Gasteiger partial charge on any atom is 0.303 e. The molecule has 0 bridgehead atoms. The Balaban J connectivity index is 3.52. The van der Waals surface area contributed by atoms with Gasteiger partial charge < -0.3 is 5.11 Å². The van der Waals surface area contributed by atoms with Crippen LogP contribution in [-0.4, -0.2) is 31.8 Å². The number of hydrogen-bond acceptors (Lipinski definition) is 3. The summed E-state index contributed by atoms with van der Waals surface area (Å²) < 4.78 is 25.4. The van der Waals surface area contributed by atoms with Crippen LogP contribution in [0.5, 0.6) is 0 Å². The van der Waals surface area contributed by atoms with E-state index in [9.17, 15) is 13.2 Å². The van der Waals surface area contributed by atoms with Crippen molar-refractivity contribution in [1.29, 1.82) is 0 Å². The summed E-state index contributed by atoms with van der Waals surface area (Å²) in [6, 6.07) is 0. The zero-order chi connectivity index (χ0) is 13.9. The minimum atomic E-state index is -3.22. The average Bonchev–Trinajstić information content (AvgIpc) is 2.29. The molecule has 0 aliphatic carbocycles. The first-order chi connectivity index (χ1) is 8.48. The van der Waals surface area contributed by atoms with Crippen molar-refractivity contribution in [1.82, 2.24) is 4.72 Å². The fourth-order valence-electron chi connectivity index (χ4n) is 1.61. The highest BCUT2D eigenvalue weighted by molar-refractivity contribution is 7.89. The minimum Gasteiger partial charge on any atom is -0.481 e. The van der Waals surface area contributed by atoms with Crippen LogP contribution >= 0.6 is 0 Å². The fraction of sp³-hybridized carbons (Fsp3) is 0.917. The van der Waals surface area contributed by atoms with Gasteiger partial charge in [0.15, 0.2) is 0 Å². The van der Waals surface area contributed by atoms with Gasteiger partial charge >= 0.3 is 5.97 Å². The van der Waals surface area contributed by atoms with E-state index < -0.39 is 16.0 Å². The van der Waals surface area contributed by atoms with E-state index in [2.05, 4.69) is 11.6 Å². The summed E-state index contributed by atoms with van der Waals surface area (Å²) in [5, 5.41) is 8.41. The van der Waals surface area contributed by atoms with Crippen molar-refractivity contribution >= 4 is 16.0 Å². The Morgan fingerprint density at radius 2 is 1.67 bits per heavy atom. The van der Waals surface area contributed by atoms with Gasteiger partial charge in [-0.3, -0.25) is 4.79 Å². The molecule has 0 aromatic carbocycles. The number of carboxylic acids is 1. The number of carboxylic acid groups (broad SMARTS) is 1. The maximum atomic E-state index is 11.5. The van der Waals surface area contributed by atoms with Crippen LogP contribution in [0.15, 0.2) is 0 Å². The molecule has 0 aromatic heterocycles. The third kappa shape index (κ3) is 11.9. The van der Waals surface area contributed by atoms with Crippen LogP contribution in [-0.2, 0) is 14.8 Å². The number of nitrogens with one attached hydrogen (secondary N) is 1. The van der Waals surface area contributed by atoms with Crippen molar-refractivity contribution in [3.05, 3.63) is 0 Å². The van der Waals surface area contributed by atoms with Gasteiger partial charge in [0.1, 0.15) is 0 Å². The second-order valence-corrected chi connectivity index (χ2v) is 6.40. The zero-order valence-corrected chi connectivity index (χ0v) is 12.0. The lowest BCUT2D eigenvalue weighted by molar-refractivity contribution is -0.137. The van der Waals surface area contributed by atoms with Crippen molar-refractivity contribution < 1.29 is 18.3 Å². The molecule has 0 amide bonds. The minimum absolute atomic E-state index is 0.000459. The molecule has 0 rings (SSSR count). The molecule has 0 unspecified atom stereocenters. The summed E-state index contributed by atoms with van der Waals surface area (Å²) in [7, 11) is -3.22. The fourth-order valence-corrected chi connectivity index (χ4v) is 2.80. The molecule has 0 heterocycles. The molecule has 0 fully saturated rings. The van der Waals surface area contributed by atoms with Gasteiger partial charge in [0.2, 0.25) is 10.0 Å². The van der Waals surface area contributed by atoms with Crippen LogP contribution < -0.4 is 4.72 Å². The normalized spacial score (nSPS) is 11.6. The Morgan fingerprint density at radius 1 is 1.06 bits per heavy atom. The molecular formula is C12H25NO4S. The Kier molecular flexibility index (Phi) is 9.96. The summed E-state index contributed by atoms with van der Waals surface area (Å²) in [5.74, 6) is -0.753. The molecule has 0 spiro atoms. The van der Waals surface area contributed by atoms with Gasteiger partial charge in [0.25, 0.3) is 0 Å². The number of aliphatic carboxylic acids is 1. The van der Waals surface area contributed by atoms with Crippen LogP contribution in [0.4, 0.5) is 0 Å². The SMILES string of the molecule is CCCCCCCCS(=O)(=O)NCCCC(=O)O. The van der Waals surface area contributed by atoms with E-state index >= 15 is 0 Å². The summed E-state index contributed by atoms with van der Waals surface area (Å²) in [4.78, 5) is 10.2. The first-order valence-corrected chi connectivity index (χ1v) is 8.32. The Bertz CT molecular complexity index is 314. The Morgan fingerprint density at radius 3 is 2.28 bits per heavy atom. The van der Waals surface area contributed by atoms with Crippen LogP contribution in [0.2, 0.25) is 0 Å². The van der Waals surface area contributed by atoms with Gasteiger partial charge in [-0.05, 0) is 12.8 Å². The number of carbonyl (C=O) groups is 1. The van der Waals surface area contributed by atoms with Gasteiger partial charge in [-0.15, -0.1) is 0 Å². The van der Waals surface area contributed by atoms with Crippen molar-refractivity contribution in [3.8, 4) is 0 Å². The predicted molar refractivity (Wildman–Crippen MR) is 72.0 cm³/mol. The average molecular weight is 279 g/mol. The van der Waals surface area contributed by atoms with Crippen LogP contribution in [0.1, 0.15) is 58.3 Å². The monoisotopic (exact) mass is 279 g/mol. The molecule has 0 aliphatic heterocycles. The standard InChI is InChI=1S/C12H25NO4S/c1-2-3-4-5-6-7-11-18(16,17)13-10-8-9-12(14)15/h13H,2-11H2,1H3,(H,14,15). The first kappa shape index (κ1) is 17.4. The first-order valence-electron chi connectivity index (χ1n) is 6.67. The van der Waals surface area contributed by atoms with E-state index in [0.29, 0.717) is 12.8 Å². The molecule has 0 aliphatic rings. The Hall–Kier alpha value is -0.620. The summed E-state index contributed by atoms with van der Waals surface area (Å²) >= 11 is 0. The molecule has 5 nitrogen and oxygen atoms in total. The smallest absolute Gasteiger partial charge is 0.303 e. The van der Waals surface area contributed by atoms with Crippen molar-refractivity contribution in [2.45, 2.75) is 58.3 Å². The lowest BCUT2D eigenvalue weighted by atomic mass is 10.1. The largest absolute Gasteiger partial charge is 0.481 e. The topological polar surface area (TPSA) is 83.5 Å². The van der Waals surface area contributed by atoms with Crippen molar-refractivity contribution in [2.75, 3.05) is 12.3 Å². The lowest BCUT2D eigenvalue weighted by Crippen LogP contribution is -2.27. The number of hydrogen-bond donors (Lipinski definition) is 2. The number of rotatable bonds is 12. The maximum absolute atomic E-state index is 11.5. The molecule has 0 radical (unpaired) electrons. The van der Waals surface area contributed by atoms with E-state index in [4.69, 9.17) is 5.11 Å². The van der Waals surface area contributed by atoms with Crippen LogP contribution in [0.3, 0.4) is 0 Å². The Labute approximate surface area is 110 Å². The van der Waals surface area contributed by atoms with Gasteiger partial charge in [0, 0.05) is 13.0 Å². The van der Waals surface area contributed by atoms with Crippen molar-refractivity contribution in [3.63, 3.8) is 0 Å². The summed E-state index contributed by atoms with van der Waals surface area (Å²) in [6.45, 7) is 2.36. The molecule has 18 heavy (non-hydrogen) atoms. The van der Waals surface area contributed by atoms with Crippen LogP contribution in [0, 0.1) is 0 Å². The zero-order valence-electron chi connectivity index (χ0n) is 11.2. The molecule has 2 N–H and O–H groups in total. The lowest BCUT2D eigenvalue weighted by Gasteiger charge is -2.05. The van der Waals surface area contributed by atoms with Gasteiger partial charge in [0.05, 0.1) is 5.75 Å². The highest BCUT2D eigenvalue weighted by Crippen LogP contribution is 2.06. The molecule has 0 atom stereocenters. The second-order valence-electron chi connectivity index (χ2n) is 4.48. The highest BCUT2D eigenvalue weighted by atomic mass is 32.2. The van der Waals surface area contributed by atoms with E-state index in [0.717, 1.165) is 12.8 Å². The number of unbranched alkanes of at least 4 members (excludes halogenated alkanes) is 5. The molecule has 6 heteroatoms. The molecule has 0 saturated heterocycles. The quantitative estimate of drug-likeness (QED) is 0.536. The van der Waals surface area contributed by atoms with E-state index in [1.165, 1.54) is 19.3 Å². The number of sulfonamides is 1. The third-order valence-corrected chi connectivity index (χ3v) is 4.13. The molecular weight excluding hydrogens is 254 g/mol. The molecule has 0 aromatic rings. The van der Waals surface area contributed by atoms with E-state index in [1.807, 2.05) is 0 Å². The predicted octanol–water partition coefficient (Wildman–Crippen LogP) is 2.13. The van der Waals surface area contributed by atoms with Gasteiger partial charge in [-0.2, -0.15) is 0 Å². The molecule has 0 saturated carbocycles.